The molecule has 0 aliphatic rings. The molecule has 78 valence electrons. The van der Waals surface area contributed by atoms with Crippen LogP contribution in [0.3, 0.4) is 0 Å². The Hall–Kier alpha value is -2.34. The Kier molecular flexibility index (Phi) is 2.84. The minimum atomic E-state index is -0.274. The number of hydrogen-bond donors (Lipinski definition) is 1. The molecule has 0 bridgehead atoms. The normalized spacial score (nSPS) is 9.50. The smallest absolute Gasteiger partial charge is 0.209 e. The lowest BCUT2D eigenvalue weighted by molar-refractivity contribution is 0.628. The van der Waals surface area contributed by atoms with Crippen molar-refractivity contribution in [2.24, 2.45) is 0 Å². The fourth-order valence-corrected chi connectivity index (χ4v) is 1.37. The molecule has 0 saturated carbocycles. The number of nitrogens with zero attached hydrogens (tertiary/aromatic N) is 1. The van der Waals surface area contributed by atoms with Gasteiger partial charge in [0, 0.05) is 11.4 Å². The predicted octanol–water partition coefficient (Wildman–Crippen LogP) is 4.12. The average Bonchev–Trinajstić information content (AvgIpc) is 2.33. The average molecular weight is 212 g/mol. The SMILES string of the molecule is [C-]#[N+]c1ccccc1Nc1ccc(F)cc1. The zero-order valence-corrected chi connectivity index (χ0v) is 8.44. The molecule has 0 amide bonds. The summed E-state index contributed by atoms with van der Waals surface area (Å²) >= 11 is 0. The number of para-hydroxylation sites is 2. The van der Waals surface area contributed by atoms with E-state index in [1.807, 2.05) is 18.2 Å². The van der Waals surface area contributed by atoms with Gasteiger partial charge in [-0.15, -0.1) is 0 Å². The molecule has 0 aliphatic carbocycles. The van der Waals surface area contributed by atoms with Crippen LogP contribution in [0.4, 0.5) is 21.5 Å². The van der Waals surface area contributed by atoms with Gasteiger partial charge in [0.25, 0.3) is 0 Å². The third kappa shape index (κ3) is 2.18. The maximum Gasteiger partial charge on any atom is 0.209 e. The number of nitrogens with one attached hydrogen (secondary N) is 1. The van der Waals surface area contributed by atoms with Gasteiger partial charge in [0.05, 0.1) is 6.57 Å². The maximum atomic E-state index is 12.7. The first-order chi connectivity index (χ1) is 7.79. The van der Waals surface area contributed by atoms with E-state index in [9.17, 15) is 4.39 Å². The highest BCUT2D eigenvalue weighted by Crippen LogP contribution is 2.27. The molecule has 0 spiro atoms. The van der Waals surface area contributed by atoms with Crippen molar-refractivity contribution in [3.8, 4) is 0 Å². The van der Waals surface area contributed by atoms with E-state index in [1.54, 1.807) is 18.2 Å². The molecule has 1 N–H and O–H groups in total. The largest absolute Gasteiger partial charge is 0.365 e. The predicted molar refractivity (Wildman–Crippen MR) is 62.4 cm³/mol. The molecular formula is C13H9FN2. The number of hydrogen-bond acceptors (Lipinski definition) is 1. The lowest BCUT2D eigenvalue weighted by Crippen LogP contribution is -1.89. The number of benzene rings is 2. The van der Waals surface area contributed by atoms with Crippen LogP contribution in [0.5, 0.6) is 0 Å². The zero-order valence-electron chi connectivity index (χ0n) is 8.44. The Bertz CT molecular complexity index is 526. The second kappa shape index (κ2) is 4.45. The van der Waals surface area contributed by atoms with Crippen LogP contribution in [0, 0.1) is 12.4 Å². The molecule has 0 saturated heterocycles. The van der Waals surface area contributed by atoms with Gasteiger partial charge in [0.15, 0.2) is 0 Å². The van der Waals surface area contributed by atoms with Crippen LogP contribution in [0.15, 0.2) is 48.5 Å². The molecule has 0 radical (unpaired) electrons. The van der Waals surface area contributed by atoms with Crippen molar-refractivity contribution < 1.29 is 4.39 Å². The van der Waals surface area contributed by atoms with Gasteiger partial charge in [-0.05, 0) is 30.3 Å². The second-order valence-electron chi connectivity index (χ2n) is 3.26. The van der Waals surface area contributed by atoms with Crippen LogP contribution in [-0.4, -0.2) is 0 Å². The summed E-state index contributed by atoms with van der Waals surface area (Å²) in [6.07, 6.45) is 0. The Morgan fingerprint density at radius 3 is 2.38 bits per heavy atom. The van der Waals surface area contributed by atoms with E-state index in [4.69, 9.17) is 6.57 Å². The Morgan fingerprint density at radius 2 is 1.69 bits per heavy atom. The standard InChI is InChI=1S/C13H9FN2/c1-15-12-4-2-3-5-13(12)16-11-8-6-10(14)7-9-11/h2-9,16H. The quantitative estimate of drug-likeness (QED) is 0.740. The molecule has 2 aromatic rings. The first-order valence-corrected chi connectivity index (χ1v) is 4.78. The molecule has 0 aliphatic heterocycles. The fraction of sp³-hybridized carbons (Fsp3) is 0. The lowest BCUT2D eigenvalue weighted by atomic mass is 10.2. The van der Waals surface area contributed by atoms with Crippen molar-refractivity contribution in [2.75, 3.05) is 5.32 Å². The summed E-state index contributed by atoms with van der Waals surface area (Å²) in [5, 5.41) is 3.07. The summed E-state index contributed by atoms with van der Waals surface area (Å²) in [7, 11) is 0. The molecule has 2 aromatic carbocycles. The van der Waals surface area contributed by atoms with E-state index < -0.39 is 0 Å². The Morgan fingerprint density at radius 1 is 1.00 bits per heavy atom. The maximum absolute atomic E-state index is 12.7. The first-order valence-electron chi connectivity index (χ1n) is 4.78. The highest BCUT2D eigenvalue weighted by atomic mass is 19.1. The van der Waals surface area contributed by atoms with Crippen LogP contribution in [0.1, 0.15) is 0 Å². The molecule has 0 atom stereocenters. The molecule has 0 aromatic heterocycles. The number of anilines is 2. The van der Waals surface area contributed by atoms with Crippen molar-refractivity contribution >= 4 is 17.1 Å². The minimum absolute atomic E-state index is 0.274. The molecule has 16 heavy (non-hydrogen) atoms. The van der Waals surface area contributed by atoms with Gasteiger partial charge < -0.3 is 5.32 Å². The van der Waals surface area contributed by atoms with Crippen LogP contribution < -0.4 is 5.32 Å². The van der Waals surface area contributed by atoms with E-state index in [0.717, 1.165) is 11.4 Å². The molecule has 2 nitrogen and oxygen atoms in total. The van der Waals surface area contributed by atoms with Crippen LogP contribution in [0.2, 0.25) is 0 Å². The number of halogens is 1. The van der Waals surface area contributed by atoms with Crippen LogP contribution in [-0.2, 0) is 0 Å². The molecule has 0 heterocycles. The lowest BCUT2D eigenvalue weighted by Gasteiger charge is -2.07. The van der Waals surface area contributed by atoms with Crippen molar-refractivity contribution in [2.45, 2.75) is 0 Å². The van der Waals surface area contributed by atoms with E-state index in [-0.39, 0.29) is 5.82 Å². The van der Waals surface area contributed by atoms with Gasteiger partial charge in [-0.25, -0.2) is 9.24 Å². The zero-order chi connectivity index (χ0) is 11.4. The highest BCUT2D eigenvalue weighted by molar-refractivity contribution is 5.74. The second-order valence-corrected chi connectivity index (χ2v) is 3.26. The molecule has 2 rings (SSSR count). The van der Waals surface area contributed by atoms with E-state index in [2.05, 4.69) is 10.2 Å². The Labute approximate surface area is 93.2 Å². The molecule has 0 unspecified atom stereocenters. The summed E-state index contributed by atoms with van der Waals surface area (Å²) in [4.78, 5) is 3.40. The van der Waals surface area contributed by atoms with Gasteiger partial charge in [0.1, 0.15) is 5.82 Å². The van der Waals surface area contributed by atoms with E-state index in [1.165, 1.54) is 12.1 Å². The monoisotopic (exact) mass is 212 g/mol. The van der Waals surface area contributed by atoms with E-state index >= 15 is 0 Å². The van der Waals surface area contributed by atoms with Crippen molar-refractivity contribution in [1.29, 1.82) is 0 Å². The van der Waals surface area contributed by atoms with Crippen molar-refractivity contribution in [3.63, 3.8) is 0 Å². The molecule has 3 heteroatoms. The van der Waals surface area contributed by atoms with Gasteiger partial charge in [-0.2, -0.15) is 0 Å². The van der Waals surface area contributed by atoms with Gasteiger partial charge >= 0.3 is 0 Å². The van der Waals surface area contributed by atoms with Crippen LogP contribution in [0.25, 0.3) is 4.85 Å². The summed E-state index contributed by atoms with van der Waals surface area (Å²) < 4.78 is 12.7. The molecular weight excluding hydrogens is 203 g/mol. The summed E-state index contributed by atoms with van der Waals surface area (Å²) in [6, 6.07) is 13.2. The molecule has 0 fully saturated rings. The Balaban J connectivity index is 2.27. The number of rotatable bonds is 2. The van der Waals surface area contributed by atoms with Gasteiger partial charge in [-0.1, -0.05) is 18.2 Å². The minimum Gasteiger partial charge on any atom is -0.365 e. The fourth-order valence-electron chi connectivity index (χ4n) is 1.37. The summed E-state index contributed by atoms with van der Waals surface area (Å²) in [5.41, 5.74) is 2.04. The highest BCUT2D eigenvalue weighted by Gasteiger charge is 2.00. The van der Waals surface area contributed by atoms with Crippen LogP contribution >= 0.6 is 0 Å². The third-order valence-corrected chi connectivity index (χ3v) is 2.15. The summed E-state index contributed by atoms with van der Waals surface area (Å²) in [6.45, 7) is 7.01. The third-order valence-electron chi connectivity index (χ3n) is 2.15. The topological polar surface area (TPSA) is 16.4 Å². The van der Waals surface area contributed by atoms with Crippen molar-refractivity contribution in [1.82, 2.24) is 0 Å². The first kappa shape index (κ1) is 10.2. The van der Waals surface area contributed by atoms with E-state index in [0.29, 0.717) is 5.69 Å². The van der Waals surface area contributed by atoms with Gasteiger partial charge in [0.2, 0.25) is 5.69 Å². The van der Waals surface area contributed by atoms with Gasteiger partial charge in [-0.3, -0.25) is 0 Å². The summed E-state index contributed by atoms with van der Waals surface area (Å²) in [5.74, 6) is -0.274. The van der Waals surface area contributed by atoms with Crippen molar-refractivity contribution in [3.05, 3.63) is 65.8 Å².